The Balaban J connectivity index is 1.54. The largest absolute Gasteiger partial charge is 0.349 e. The third-order valence-corrected chi connectivity index (χ3v) is 5.52. The van der Waals surface area contributed by atoms with Crippen molar-refractivity contribution in [3.8, 4) is 0 Å². The fourth-order valence-corrected chi connectivity index (χ4v) is 4.00. The van der Waals surface area contributed by atoms with Gasteiger partial charge in [0.05, 0.1) is 5.92 Å². The van der Waals surface area contributed by atoms with E-state index in [1.54, 1.807) is 0 Å². The van der Waals surface area contributed by atoms with E-state index in [0.29, 0.717) is 13.1 Å². The summed E-state index contributed by atoms with van der Waals surface area (Å²) in [4.78, 5) is 27.0. The number of hydrogen-bond acceptors (Lipinski definition) is 3. The molecule has 132 valence electrons. The molecule has 1 aromatic heterocycles. The van der Waals surface area contributed by atoms with Crippen LogP contribution in [0.15, 0.2) is 47.2 Å². The smallest absolute Gasteiger partial charge is 0.252 e. The molecule has 1 fully saturated rings. The van der Waals surface area contributed by atoms with E-state index in [2.05, 4.69) is 12.2 Å². The standard InChI is InChI=1S/C20H24N2O2S/c1-2-18(15-6-4-3-5-7-15)20(24)22-11-8-17(9-12-22)21-19(23)16-10-13-25-14-16/h3-7,10,13-14,17-18H,2,8-9,11-12H2,1H3,(H,21,23)/t18-/m1/s1. The predicted octanol–water partition coefficient (Wildman–Crippen LogP) is 3.66. The van der Waals surface area contributed by atoms with Crippen molar-refractivity contribution in [2.75, 3.05) is 13.1 Å². The van der Waals surface area contributed by atoms with Gasteiger partial charge in [-0.1, -0.05) is 37.3 Å². The fraction of sp³-hybridized carbons (Fsp3) is 0.400. The molecule has 3 rings (SSSR count). The van der Waals surface area contributed by atoms with E-state index in [4.69, 9.17) is 0 Å². The summed E-state index contributed by atoms with van der Waals surface area (Å²) in [6.45, 7) is 3.47. The van der Waals surface area contributed by atoms with Crippen molar-refractivity contribution >= 4 is 23.2 Å². The van der Waals surface area contributed by atoms with Gasteiger partial charge >= 0.3 is 0 Å². The molecule has 1 N–H and O–H groups in total. The van der Waals surface area contributed by atoms with Crippen LogP contribution in [-0.2, 0) is 4.79 Å². The number of nitrogens with one attached hydrogen (secondary N) is 1. The van der Waals surface area contributed by atoms with Crippen molar-refractivity contribution in [3.63, 3.8) is 0 Å². The molecule has 1 aliphatic heterocycles. The highest BCUT2D eigenvalue weighted by Gasteiger charge is 2.28. The van der Waals surface area contributed by atoms with Crippen LogP contribution in [0.2, 0.25) is 0 Å². The highest BCUT2D eigenvalue weighted by Crippen LogP contribution is 2.24. The van der Waals surface area contributed by atoms with Gasteiger partial charge in [-0.25, -0.2) is 0 Å². The Labute approximate surface area is 152 Å². The molecule has 1 aromatic carbocycles. The number of hydrogen-bond donors (Lipinski definition) is 1. The number of carbonyl (C=O) groups is 2. The van der Waals surface area contributed by atoms with Gasteiger partial charge < -0.3 is 10.2 Å². The van der Waals surface area contributed by atoms with Crippen LogP contribution in [0.25, 0.3) is 0 Å². The Morgan fingerprint density at radius 2 is 1.92 bits per heavy atom. The van der Waals surface area contributed by atoms with Gasteiger partial charge in [0.2, 0.25) is 5.91 Å². The number of carbonyl (C=O) groups excluding carboxylic acids is 2. The lowest BCUT2D eigenvalue weighted by Gasteiger charge is -2.34. The van der Waals surface area contributed by atoms with E-state index >= 15 is 0 Å². The SMILES string of the molecule is CC[C@@H](C(=O)N1CCC(NC(=O)c2ccsc2)CC1)c1ccccc1. The van der Waals surface area contributed by atoms with Crippen LogP contribution >= 0.6 is 11.3 Å². The van der Waals surface area contributed by atoms with Crippen LogP contribution in [0.4, 0.5) is 0 Å². The van der Waals surface area contributed by atoms with Crippen LogP contribution in [-0.4, -0.2) is 35.8 Å². The summed E-state index contributed by atoms with van der Waals surface area (Å²) in [5, 5.41) is 6.85. The first-order valence-electron chi connectivity index (χ1n) is 8.85. The van der Waals surface area contributed by atoms with Crippen LogP contribution in [0.3, 0.4) is 0 Å². The lowest BCUT2D eigenvalue weighted by molar-refractivity contribution is -0.134. The van der Waals surface area contributed by atoms with Gasteiger partial charge in [0.25, 0.3) is 5.91 Å². The maximum Gasteiger partial charge on any atom is 0.252 e. The Kier molecular flexibility index (Phi) is 5.87. The second kappa shape index (κ2) is 8.30. The number of likely N-dealkylation sites (tertiary alicyclic amines) is 1. The minimum Gasteiger partial charge on any atom is -0.349 e. The molecular formula is C20H24N2O2S. The highest BCUT2D eigenvalue weighted by molar-refractivity contribution is 7.08. The van der Waals surface area contributed by atoms with E-state index in [1.807, 2.05) is 52.1 Å². The van der Waals surface area contributed by atoms with Gasteiger partial charge in [-0.2, -0.15) is 11.3 Å². The summed E-state index contributed by atoms with van der Waals surface area (Å²) in [5.41, 5.74) is 1.81. The molecular weight excluding hydrogens is 332 g/mol. The Bertz CT molecular complexity index is 692. The summed E-state index contributed by atoms with van der Waals surface area (Å²) >= 11 is 1.52. The molecule has 2 amide bonds. The molecule has 0 spiro atoms. The zero-order chi connectivity index (χ0) is 17.6. The van der Waals surface area contributed by atoms with Crippen LogP contribution in [0.5, 0.6) is 0 Å². The van der Waals surface area contributed by atoms with Gasteiger partial charge in [0, 0.05) is 30.1 Å². The minimum atomic E-state index is -0.0712. The second-order valence-corrected chi connectivity index (χ2v) is 7.24. The van der Waals surface area contributed by atoms with Crippen molar-refractivity contribution in [3.05, 3.63) is 58.3 Å². The third-order valence-electron chi connectivity index (χ3n) is 4.83. The van der Waals surface area contributed by atoms with Crippen LogP contribution in [0, 0.1) is 0 Å². The monoisotopic (exact) mass is 356 g/mol. The first kappa shape index (κ1) is 17.7. The van der Waals surface area contributed by atoms with Crippen LogP contribution < -0.4 is 5.32 Å². The molecule has 0 bridgehead atoms. The predicted molar refractivity (Wildman–Crippen MR) is 101 cm³/mol. The van der Waals surface area contributed by atoms with Crippen molar-refractivity contribution in [1.82, 2.24) is 10.2 Å². The zero-order valence-corrected chi connectivity index (χ0v) is 15.3. The van der Waals surface area contributed by atoms with Gasteiger partial charge in [0.15, 0.2) is 0 Å². The lowest BCUT2D eigenvalue weighted by Crippen LogP contribution is -2.47. The number of piperidine rings is 1. The quantitative estimate of drug-likeness (QED) is 0.889. The van der Waals surface area contributed by atoms with E-state index in [0.717, 1.165) is 30.4 Å². The number of thiophene rings is 1. The molecule has 4 nitrogen and oxygen atoms in total. The summed E-state index contributed by atoms with van der Waals surface area (Å²) < 4.78 is 0. The maximum atomic E-state index is 12.9. The first-order chi connectivity index (χ1) is 12.2. The first-order valence-corrected chi connectivity index (χ1v) is 9.80. The molecule has 5 heteroatoms. The Morgan fingerprint density at radius 3 is 2.52 bits per heavy atom. The molecule has 25 heavy (non-hydrogen) atoms. The molecule has 0 saturated carbocycles. The van der Waals surface area contributed by atoms with Crippen molar-refractivity contribution in [1.29, 1.82) is 0 Å². The number of nitrogens with zero attached hydrogens (tertiary/aromatic N) is 1. The summed E-state index contributed by atoms with van der Waals surface area (Å²) in [6, 6.07) is 12.0. The van der Waals surface area contributed by atoms with E-state index in [-0.39, 0.29) is 23.8 Å². The Morgan fingerprint density at radius 1 is 1.20 bits per heavy atom. The van der Waals surface area contributed by atoms with E-state index in [9.17, 15) is 9.59 Å². The topological polar surface area (TPSA) is 49.4 Å². The molecule has 0 unspecified atom stereocenters. The zero-order valence-electron chi connectivity index (χ0n) is 14.5. The number of rotatable bonds is 5. The maximum absolute atomic E-state index is 12.9. The second-order valence-electron chi connectivity index (χ2n) is 6.46. The summed E-state index contributed by atoms with van der Waals surface area (Å²) in [5.74, 6) is 0.121. The van der Waals surface area contributed by atoms with Crippen molar-refractivity contribution in [2.45, 2.75) is 38.1 Å². The Hall–Kier alpha value is -2.14. The molecule has 2 heterocycles. The summed E-state index contributed by atoms with van der Waals surface area (Å²) in [6.07, 6.45) is 2.43. The minimum absolute atomic E-state index is 0.0123. The van der Waals surface area contributed by atoms with Gasteiger partial charge in [-0.15, -0.1) is 0 Å². The number of benzene rings is 1. The van der Waals surface area contributed by atoms with Gasteiger partial charge in [-0.05, 0) is 36.3 Å². The van der Waals surface area contributed by atoms with E-state index < -0.39 is 0 Å². The van der Waals surface area contributed by atoms with Crippen molar-refractivity contribution in [2.24, 2.45) is 0 Å². The molecule has 0 aliphatic carbocycles. The van der Waals surface area contributed by atoms with E-state index in [1.165, 1.54) is 11.3 Å². The van der Waals surface area contributed by atoms with Crippen LogP contribution in [0.1, 0.15) is 48.0 Å². The average molecular weight is 356 g/mol. The highest BCUT2D eigenvalue weighted by atomic mass is 32.1. The lowest BCUT2D eigenvalue weighted by atomic mass is 9.93. The fourth-order valence-electron chi connectivity index (χ4n) is 3.37. The molecule has 1 atom stereocenters. The molecule has 1 aliphatic rings. The molecule has 1 saturated heterocycles. The van der Waals surface area contributed by atoms with Gasteiger partial charge in [-0.3, -0.25) is 9.59 Å². The molecule has 0 radical (unpaired) electrons. The van der Waals surface area contributed by atoms with Crippen molar-refractivity contribution < 1.29 is 9.59 Å². The number of amides is 2. The molecule has 2 aromatic rings. The normalized spacial score (nSPS) is 16.4. The van der Waals surface area contributed by atoms with Gasteiger partial charge in [0.1, 0.15) is 0 Å². The third kappa shape index (κ3) is 4.28. The summed E-state index contributed by atoms with van der Waals surface area (Å²) in [7, 11) is 0. The average Bonchev–Trinajstić information content (AvgIpc) is 3.19.